The molecule has 180 valence electrons. The Labute approximate surface area is 190 Å². The summed E-state index contributed by atoms with van der Waals surface area (Å²) in [5, 5.41) is 6.95. The molecule has 30 heavy (non-hydrogen) atoms. The summed E-state index contributed by atoms with van der Waals surface area (Å²) in [5.74, 6) is 1.03. The molecule has 0 aromatic heterocycles. The number of nitrogens with zero attached hydrogens (tertiary/aromatic N) is 1. The van der Waals surface area contributed by atoms with Crippen molar-refractivity contribution >= 4 is 5.96 Å². The van der Waals surface area contributed by atoms with E-state index in [1.807, 2.05) is 0 Å². The minimum Gasteiger partial charge on any atom is -0.356 e. The third-order valence-electron chi connectivity index (χ3n) is 5.93. The van der Waals surface area contributed by atoms with Gasteiger partial charge >= 0.3 is 0 Å². The predicted molar refractivity (Wildman–Crippen MR) is 138 cm³/mol. The molecule has 0 aromatic carbocycles. The van der Waals surface area contributed by atoms with Crippen molar-refractivity contribution in [3.05, 3.63) is 0 Å². The van der Waals surface area contributed by atoms with E-state index >= 15 is 0 Å². The van der Waals surface area contributed by atoms with Gasteiger partial charge in [0.25, 0.3) is 0 Å². The monoisotopic (exact) mass is 423 g/mol. The maximum atomic E-state index is 4.77. The zero-order chi connectivity index (χ0) is 22.0. The van der Waals surface area contributed by atoms with Crippen molar-refractivity contribution in [2.45, 2.75) is 149 Å². The molecule has 2 N–H and O–H groups in total. The normalized spacial score (nSPS) is 10.9. The van der Waals surface area contributed by atoms with Crippen LogP contribution in [0.4, 0.5) is 0 Å². The van der Waals surface area contributed by atoms with E-state index in [0.717, 1.165) is 25.6 Å². The van der Waals surface area contributed by atoms with Crippen LogP contribution < -0.4 is 10.6 Å². The maximum Gasteiger partial charge on any atom is 0.191 e. The Balaban J connectivity index is 3.43. The van der Waals surface area contributed by atoms with Crippen LogP contribution in [0.5, 0.6) is 0 Å². The van der Waals surface area contributed by atoms with E-state index in [0.29, 0.717) is 0 Å². The second-order valence-electron chi connectivity index (χ2n) is 9.09. The van der Waals surface area contributed by atoms with Gasteiger partial charge in [-0.25, -0.2) is 0 Å². The summed E-state index contributed by atoms with van der Waals surface area (Å²) in [4.78, 5) is 4.77. The lowest BCUT2D eigenvalue weighted by molar-refractivity contribution is 0.530. The Bertz CT molecular complexity index is 329. The molecule has 0 heterocycles. The molecule has 0 spiro atoms. The molecule has 0 aliphatic carbocycles. The first-order chi connectivity index (χ1) is 14.8. The van der Waals surface area contributed by atoms with Gasteiger partial charge in [0.05, 0.1) is 0 Å². The molecule has 3 nitrogen and oxygen atoms in total. The molecular formula is C27H57N3. The van der Waals surface area contributed by atoms with Crippen LogP contribution in [0.3, 0.4) is 0 Å². The molecule has 0 bridgehead atoms. The van der Waals surface area contributed by atoms with Gasteiger partial charge in [0.1, 0.15) is 0 Å². The van der Waals surface area contributed by atoms with Gasteiger partial charge in [0.15, 0.2) is 5.96 Å². The van der Waals surface area contributed by atoms with Gasteiger partial charge in [-0.05, 0) is 19.3 Å². The van der Waals surface area contributed by atoms with E-state index in [2.05, 4.69) is 31.4 Å². The molecule has 0 aliphatic rings. The molecule has 0 saturated carbocycles. The van der Waals surface area contributed by atoms with Gasteiger partial charge in [-0.2, -0.15) is 0 Å². The molecule has 0 unspecified atom stereocenters. The minimum atomic E-state index is 0.964. The Morgan fingerprint density at radius 2 is 0.767 bits per heavy atom. The van der Waals surface area contributed by atoms with E-state index < -0.39 is 0 Å². The van der Waals surface area contributed by atoms with Gasteiger partial charge < -0.3 is 10.6 Å². The average Bonchev–Trinajstić information content (AvgIpc) is 2.75. The lowest BCUT2D eigenvalue weighted by Crippen LogP contribution is -2.38. The molecule has 0 rings (SSSR count). The van der Waals surface area contributed by atoms with Crippen LogP contribution in [0.15, 0.2) is 4.99 Å². The van der Waals surface area contributed by atoms with Gasteiger partial charge in [0, 0.05) is 19.6 Å². The highest BCUT2D eigenvalue weighted by Crippen LogP contribution is 2.13. The van der Waals surface area contributed by atoms with Crippen LogP contribution >= 0.6 is 0 Å². The number of nitrogens with one attached hydrogen (secondary N) is 2. The number of guanidine groups is 1. The number of hydrogen-bond acceptors (Lipinski definition) is 1. The van der Waals surface area contributed by atoms with Crippen molar-refractivity contribution in [1.82, 2.24) is 10.6 Å². The molecule has 3 heteroatoms. The fraction of sp³-hybridized carbons (Fsp3) is 0.963. The van der Waals surface area contributed by atoms with E-state index in [4.69, 9.17) is 4.99 Å². The summed E-state index contributed by atoms with van der Waals surface area (Å²) in [6, 6.07) is 0. The summed E-state index contributed by atoms with van der Waals surface area (Å²) in [6.45, 7) is 9.80. The lowest BCUT2D eigenvalue weighted by atomic mass is 10.0. The van der Waals surface area contributed by atoms with Crippen LogP contribution in [-0.4, -0.2) is 25.6 Å². The second kappa shape index (κ2) is 26.3. The number of unbranched alkanes of at least 4 members (excludes halogenated alkanes) is 17. The van der Waals surface area contributed by atoms with Gasteiger partial charge in [0.2, 0.25) is 0 Å². The third kappa shape index (κ3) is 23.5. The van der Waals surface area contributed by atoms with Crippen LogP contribution in [-0.2, 0) is 0 Å². The summed E-state index contributed by atoms with van der Waals surface area (Å²) in [7, 11) is 0. The zero-order valence-electron chi connectivity index (χ0n) is 21.2. The second-order valence-corrected chi connectivity index (χ2v) is 9.09. The van der Waals surface area contributed by atoms with E-state index in [9.17, 15) is 0 Å². The summed E-state index contributed by atoms with van der Waals surface area (Å²) < 4.78 is 0. The quantitative estimate of drug-likeness (QED) is 0.0983. The SMILES string of the molecule is CCCCCCCCCCCCCCCCCCN=C(NCCCC)NCCCC. The Morgan fingerprint density at radius 3 is 1.13 bits per heavy atom. The topological polar surface area (TPSA) is 36.4 Å². The lowest BCUT2D eigenvalue weighted by Gasteiger charge is -2.12. The largest absolute Gasteiger partial charge is 0.356 e. The Morgan fingerprint density at radius 1 is 0.433 bits per heavy atom. The fourth-order valence-corrected chi connectivity index (χ4v) is 3.79. The first kappa shape index (κ1) is 29.3. The number of aliphatic imine (C=N–C) groups is 1. The number of rotatable bonds is 23. The zero-order valence-corrected chi connectivity index (χ0v) is 21.2. The van der Waals surface area contributed by atoms with Crippen molar-refractivity contribution in [3.63, 3.8) is 0 Å². The summed E-state index contributed by atoms with van der Waals surface area (Å²) in [5.41, 5.74) is 0. The van der Waals surface area contributed by atoms with Gasteiger partial charge in [-0.1, -0.05) is 130 Å². The minimum absolute atomic E-state index is 0.964. The maximum absolute atomic E-state index is 4.77. The van der Waals surface area contributed by atoms with Crippen molar-refractivity contribution in [2.75, 3.05) is 19.6 Å². The summed E-state index contributed by atoms with van der Waals surface area (Å²) >= 11 is 0. The highest BCUT2D eigenvalue weighted by Gasteiger charge is 1.98. The van der Waals surface area contributed by atoms with Crippen LogP contribution in [0.1, 0.15) is 149 Å². The molecule has 0 aliphatic heterocycles. The Hall–Kier alpha value is -0.730. The smallest absolute Gasteiger partial charge is 0.191 e. The average molecular weight is 424 g/mol. The van der Waals surface area contributed by atoms with Crippen molar-refractivity contribution in [3.8, 4) is 0 Å². The highest BCUT2D eigenvalue weighted by molar-refractivity contribution is 5.79. The van der Waals surface area contributed by atoms with Crippen molar-refractivity contribution in [2.24, 2.45) is 4.99 Å². The molecule has 0 radical (unpaired) electrons. The summed E-state index contributed by atoms with van der Waals surface area (Å²) in [6.07, 6.45) is 27.6. The van der Waals surface area contributed by atoms with Crippen LogP contribution in [0.25, 0.3) is 0 Å². The molecule has 0 aromatic rings. The van der Waals surface area contributed by atoms with Gasteiger partial charge in [-0.3, -0.25) is 4.99 Å². The molecular weight excluding hydrogens is 366 g/mol. The standard InChI is InChI=1S/C27H57N3/c1-4-7-10-11-12-13-14-15-16-17-18-19-20-21-22-23-26-30-27(28-24-8-5-2)29-25-9-6-3/h4-26H2,1-3H3,(H2,28,29,30). The van der Waals surface area contributed by atoms with Crippen molar-refractivity contribution in [1.29, 1.82) is 0 Å². The molecule has 0 fully saturated rings. The van der Waals surface area contributed by atoms with E-state index in [1.165, 1.54) is 128 Å². The third-order valence-corrected chi connectivity index (χ3v) is 5.93. The molecule has 0 amide bonds. The van der Waals surface area contributed by atoms with Crippen LogP contribution in [0.2, 0.25) is 0 Å². The first-order valence-electron chi connectivity index (χ1n) is 13.9. The number of hydrogen-bond donors (Lipinski definition) is 2. The predicted octanol–water partition coefficient (Wildman–Crippen LogP) is 8.38. The Kier molecular flexibility index (Phi) is 25.7. The van der Waals surface area contributed by atoms with Gasteiger partial charge in [-0.15, -0.1) is 0 Å². The molecule has 0 saturated heterocycles. The first-order valence-corrected chi connectivity index (χ1v) is 13.9. The van der Waals surface area contributed by atoms with E-state index in [-0.39, 0.29) is 0 Å². The van der Waals surface area contributed by atoms with Crippen LogP contribution in [0, 0.1) is 0 Å². The van der Waals surface area contributed by atoms with Crippen molar-refractivity contribution < 1.29 is 0 Å². The fourth-order valence-electron chi connectivity index (χ4n) is 3.79. The molecule has 0 atom stereocenters. The van der Waals surface area contributed by atoms with E-state index in [1.54, 1.807) is 0 Å². The highest BCUT2D eigenvalue weighted by atomic mass is 15.2.